The first-order chi connectivity index (χ1) is 12.5. The minimum atomic E-state index is -0.652. The molecule has 1 amide bonds. The van der Waals surface area contributed by atoms with Crippen molar-refractivity contribution >= 4 is 29.1 Å². The Hall–Kier alpha value is -2.54. The van der Waals surface area contributed by atoms with Gasteiger partial charge in [-0.1, -0.05) is 0 Å². The lowest BCUT2D eigenvalue weighted by Gasteiger charge is -2.09. The second kappa shape index (κ2) is 8.23. The van der Waals surface area contributed by atoms with E-state index in [1.165, 1.54) is 30.8 Å². The van der Waals surface area contributed by atoms with Crippen molar-refractivity contribution in [3.8, 4) is 11.5 Å². The SMILES string of the molecule is CC(=O)Nc1ccc(C(=O)CSc2ccc3c(c2)OCCCO3)c(F)c1. The summed E-state index contributed by atoms with van der Waals surface area (Å²) in [5.74, 6) is 0.169. The minimum Gasteiger partial charge on any atom is -0.490 e. The molecule has 1 heterocycles. The third kappa shape index (κ3) is 4.54. The summed E-state index contributed by atoms with van der Waals surface area (Å²) in [4.78, 5) is 24.2. The molecule has 0 saturated heterocycles. The number of anilines is 1. The molecule has 0 aliphatic carbocycles. The number of ketones is 1. The molecule has 0 spiro atoms. The lowest BCUT2D eigenvalue weighted by molar-refractivity contribution is -0.114. The number of hydrogen-bond donors (Lipinski definition) is 1. The molecule has 1 aliphatic heterocycles. The number of fused-ring (bicyclic) bond motifs is 1. The molecule has 1 N–H and O–H groups in total. The standard InChI is InChI=1S/C19H18FNO4S/c1-12(22)21-13-3-5-15(16(20)9-13)17(23)11-26-14-4-6-18-19(10-14)25-8-2-7-24-18/h3-6,9-10H,2,7-8,11H2,1H3,(H,21,22). The number of carbonyl (C=O) groups is 2. The monoisotopic (exact) mass is 375 g/mol. The van der Waals surface area contributed by atoms with Crippen molar-refractivity contribution < 1.29 is 23.5 Å². The van der Waals surface area contributed by atoms with Gasteiger partial charge in [-0.3, -0.25) is 9.59 Å². The molecule has 1 aliphatic rings. The average Bonchev–Trinajstić information content (AvgIpc) is 2.84. The van der Waals surface area contributed by atoms with Gasteiger partial charge in [0.15, 0.2) is 17.3 Å². The molecule has 7 heteroatoms. The summed E-state index contributed by atoms with van der Waals surface area (Å²) in [7, 11) is 0. The Morgan fingerprint density at radius 3 is 2.62 bits per heavy atom. The number of thioether (sulfide) groups is 1. The van der Waals surface area contributed by atoms with Crippen LogP contribution in [0.3, 0.4) is 0 Å². The molecule has 3 rings (SSSR count). The van der Waals surface area contributed by atoms with Crippen LogP contribution in [0.4, 0.5) is 10.1 Å². The Kier molecular flexibility index (Phi) is 5.78. The third-order valence-electron chi connectivity index (χ3n) is 3.68. The molecule has 2 aromatic carbocycles. The molecule has 0 atom stereocenters. The second-order valence-corrected chi connectivity index (χ2v) is 6.80. The van der Waals surface area contributed by atoms with Gasteiger partial charge in [-0.15, -0.1) is 11.8 Å². The van der Waals surface area contributed by atoms with E-state index in [1.54, 1.807) is 0 Å². The van der Waals surface area contributed by atoms with E-state index in [9.17, 15) is 14.0 Å². The van der Waals surface area contributed by atoms with Crippen molar-refractivity contribution in [3.63, 3.8) is 0 Å². The van der Waals surface area contributed by atoms with E-state index >= 15 is 0 Å². The Balaban J connectivity index is 1.65. The normalized spacial score (nSPS) is 13.0. The zero-order valence-corrected chi connectivity index (χ0v) is 15.0. The first-order valence-electron chi connectivity index (χ1n) is 8.16. The Labute approximate surface area is 154 Å². The Morgan fingerprint density at radius 1 is 1.12 bits per heavy atom. The Bertz CT molecular complexity index is 840. The van der Waals surface area contributed by atoms with Crippen LogP contribution in [0.5, 0.6) is 11.5 Å². The quantitative estimate of drug-likeness (QED) is 0.634. The summed E-state index contributed by atoms with van der Waals surface area (Å²) in [5, 5.41) is 2.48. The van der Waals surface area contributed by atoms with Crippen molar-refractivity contribution in [3.05, 3.63) is 47.8 Å². The van der Waals surface area contributed by atoms with Crippen LogP contribution in [0.15, 0.2) is 41.3 Å². The number of Topliss-reactive ketones (excluding diaryl/α,β-unsaturated/α-hetero) is 1. The number of hydrogen-bond acceptors (Lipinski definition) is 5. The fourth-order valence-electron chi connectivity index (χ4n) is 2.48. The summed E-state index contributed by atoms with van der Waals surface area (Å²) in [6, 6.07) is 9.53. The summed E-state index contributed by atoms with van der Waals surface area (Å²) in [6.07, 6.45) is 0.823. The van der Waals surface area contributed by atoms with Gasteiger partial charge in [0.05, 0.1) is 24.5 Å². The van der Waals surface area contributed by atoms with Crippen molar-refractivity contribution in [2.75, 3.05) is 24.3 Å². The average molecular weight is 375 g/mol. The zero-order chi connectivity index (χ0) is 18.5. The number of nitrogens with one attached hydrogen (secondary N) is 1. The molecule has 0 fully saturated rings. The maximum absolute atomic E-state index is 14.1. The van der Waals surface area contributed by atoms with Crippen LogP contribution >= 0.6 is 11.8 Å². The topological polar surface area (TPSA) is 64.6 Å². The third-order valence-corrected chi connectivity index (χ3v) is 4.67. The number of amides is 1. The predicted octanol–water partition coefficient (Wildman–Crippen LogP) is 3.92. The van der Waals surface area contributed by atoms with E-state index in [2.05, 4.69) is 5.32 Å². The van der Waals surface area contributed by atoms with E-state index in [-0.39, 0.29) is 23.0 Å². The molecular formula is C19H18FNO4S. The zero-order valence-electron chi connectivity index (χ0n) is 14.2. The van der Waals surface area contributed by atoms with Gasteiger partial charge in [0.25, 0.3) is 0 Å². The van der Waals surface area contributed by atoms with Gasteiger partial charge < -0.3 is 14.8 Å². The summed E-state index contributed by atoms with van der Waals surface area (Å²) < 4.78 is 25.3. The molecule has 0 radical (unpaired) electrons. The lowest BCUT2D eigenvalue weighted by Crippen LogP contribution is -2.09. The minimum absolute atomic E-state index is 0.000875. The van der Waals surface area contributed by atoms with Gasteiger partial charge in [0.1, 0.15) is 5.82 Å². The van der Waals surface area contributed by atoms with Crippen LogP contribution in [0.2, 0.25) is 0 Å². The molecule has 0 saturated carbocycles. The second-order valence-electron chi connectivity index (χ2n) is 5.75. The van der Waals surface area contributed by atoms with Gasteiger partial charge in [-0.2, -0.15) is 0 Å². The first-order valence-corrected chi connectivity index (χ1v) is 9.14. The van der Waals surface area contributed by atoms with Crippen molar-refractivity contribution in [2.24, 2.45) is 0 Å². The van der Waals surface area contributed by atoms with Crippen molar-refractivity contribution in [2.45, 2.75) is 18.2 Å². The molecule has 0 unspecified atom stereocenters. The predicted molar refractivity (Wildman–Crippen MR) is 97.8 cm³/mol. The van der Waals surface area contributed by atoms with E-state index in [4.69, 9.17) is 9.47 Å². The molecular weight excluding hydrogens is 357 g/mol. The molecule has 26 heavy (non-hydrogen) atoms. The number of rotatable bonds is 5. The fraction of sp³-hybridized carbons (Fsp3) is 0.263. The van der Waals surface area contributed by atoms with E-state index in [0.717, 1.165) is 17.4 Å². The molecule has 0 aromatic heterocycles. The van der Waals surface area contributed by atoms with Gasteiger partial charge in [0, 0.05) is 23.9 Å². The number of halogens is 1. The van der Waals surface area contributed by atoms with Crippen molar-refractivity contribution in [1.29, 1.82) is 0 Å². The highest BCUT2D eigenvalue weighted by atomic mass is 32.2. The summed E-state index contributed by atoms with van der Waals surface area (Å²) in [6.45, 7) is 2.54. The van der Waals surface area contributed by atoms with Crippen LogP contribution in [0.1, 0.15) is 23.7 Å². The fourth-order valence-corrected chi connectivity index (χ4v) is 3.29. The largest absolute Gasteiger partial charge is 0.490 e. The van der Waals surface area contributed by atoms with Crippen molar-refractivity contribution in [1.82, 2.24) is 0 Å². The van der Waals surface area contributed by atoms with Crippen LogP contribution in [0.25, 0.3) is 0 Å². The maximum atomic E-state index is 14.1. The van der Waals surface area contributed by atoms with Crippen LogP contribution in [-0.2, 0) is 4.79 Å². The highest BCUT2D eigenvalue weighted by Crippen LogP contribution is 2.34. The molecule has 0 bridgehead atoms. The summed E-state index contributed by atoms with van der Waals surface area (Å²) in [5.41, 5.74) is 0.322. The molecule has 2 aromatic rings. The highest BCUT2D eigenvalue weighted by Gasteiger charge is 2.15. The highest BCUT2D eigenvalue weighted by molar-refractivity contribution is 8.00. The van der Waals surface area contributed by atoms with Crippen LogP contribution < -0.4 is 14.8 Å². The van der Waals surface area contributed by atoms with Gasteiger partial charge in [-0.25, -0.2) is 4.39 Å². The van der Waals surface area contributed by atoms with Gasteiger partial charge in [0.2, 0.25) is 5.91 Å². The summed E-state index contributed by atoms with van der Waals surface area (Å²) >= 11 is 1.31. The van der Waals surface area contributed by atoms with E-state index in [1.807, 2.05) is 18.2 Å². The van der Waals surface area contributed by atoms with Crippen LogP contribution in [-0.4, -0.2) is 30.7 Å². The van der Waals surface area contributed by atoms with Crippen LogP contribution in [0, 0.1) is 5.82 Å². The number of benzene rings is 2. The van der Waals surface area contributed by atoms with E-state index < -0.39 is 5.82 Å². The van der Waals surface area contributed by atoms with E-state index in [0.29, 0.717) is 30.4 Å². The maximum Gasteiger partial charge on any atom is 0.221 e. The van der Waals surface area contributed by atoms with Gasteiger partial charge in [-0.05, 0) is 36.4 Å². The number of carbonyl (C=O) groups excluding carboxylic acids is 2. The first kappa shape index (κ1) is 18.3. The Morgan fingerprint density at radius 2 is 1.88 bits per heavy atom. The lowest BCUT2D eigenvalue weighted by atomic mass is 10.1. The smallest absolute Gasteiger partial charge is 0.221 e. The van der Waals surface area contributed by atoms with Gasteiger partial charge >= 0.3 is 0 Å². The number of ether oxygens (including phenoxy) is 2. The molecule has 136 valence electrons. The molecule has 5 nitrogen and oxygen atoms in total.